The van der Waals surface area contributed by atoms with Gasteiger partial charge in [0, 0.05) is 30.6 Å². The molecule has 33 heavy (non-hydrogen) atoms. The van der Waals surface area contributed by atoms with Crippen LogP contribution in [0.15, 0.2) is 23.0 Å². The topological polar surface area (TPSA) is 54.6 Å². The monoisotopic (exact) mass is 473 g/mol. The van der Waals surface area contributed by atoms with Gasteiger partial charge in [0.05, 0.1) is 12.1 Å². The van der Waals surface area contributed by atoms with Crippen LogP contribution in [0.4, 0.5) is 0 Å². The van der Waals surface area contributed by atoms with Crippen molar-refractivity contribution in [2.24, 2.45) is 0 Å². The Morgan fingerprint density at radius 2 is 1.55 bits per heavy atom. The van der Waals surface area contributed by atoms with Crippen molar-refractivity contribution in [3.05, 3.63) is 45.2 Å². The van der Waals surface area contributed by atoms with Crippen molar-refractivity contribution < 1.29 is 0 Å². The fourth-order valence-electron chi connectivity index (χ4n) is 4.15. The molecule has 1 heterocycles. The second kappa shape index (κ2) is 13.7. The maximum absolute atomic E-state index is 12.9. The lowest BCUT2D eigenvalue weighted by Gasteiger charge is -2.29. The highest BCUT2D eigenvalue weighted by Gasteiger charge is 2.15. The molecule has 6 nitrogen and oxygen atoms in total. The highest BCUT2D eigenvalue weighted by molar-refractivity contribution is 7.80. The summed E-state index contributed by atoms with van der Waals surface area (Å²) in [7, 11) is 0. The second-order valence-corrected chi connectivity index (χ2v) is 9.06. The Kier molecular flexibility index (Phi) is 11.3. The molecule has 1 aromatic carbocycles. The van der Waals surface area contributed by atoms with E-state index in [0.717, 1.165) is 85.9 Å². The van der Waals surface area contributed by atoms with Crippen LogP contribution in [0.5, 0.6) is 0 Å². The Hall–Kier alpha value is -1.96. The zero-order chi connectivity index (χ0) is 24.4. The molecule has 184 valence electrons. The zero-order valence-electron chi connectivity index (χ0n) is 21.5. The van der Waals surface area contributed by atoms with E-state index >= 15 is 0 Å². The number of aromatic amines is 1. The number of hydrogen-bond donors (Lipinski definition) is 2. The molecule has 0 saturated carbocycles. The summed E-state index contributed by atoms with van der Waals surface area (Å²) < 4.78 is 0. The molecule has 0 unspecified atom stereocenters. The first-order chi connectivity index (χ1) is 15.8. The van der Waals surface area contributed by atoms with Gasteiger partial charge >= 0.3 is 0 Å². The zero-order valence-corrected chi connectivity index (χ0v) is 22.3. The fourth-order valence-corrected chi connectivity index (χ4v) is 4.40. The Balaban J connectivity index is 2.18. The molecule has 2 rings (SSSR count). The van der Waals surface area contributed by atoms with E-state index in [-0.39, 0.29) is 5.56 Å². The number of nitrogens with one attached hydrogen (secondary N) is 2. The van der Waals surface area contributed by atoms with Crippen LogP contribution in [-0.4, -0.2) is 77.2 Å². The smallest absolute Gasteiger partial charge is 0.253 e. The van der Waals surface area contributed by atoms with Crippen molar-refractivity contribution in [3.8, 4) is 0 Å². The van der Waals surface area contributed by atoms with E-state index < -0.39 is 0 Å². The molecule has 0 fully saturated rings. The summed E-state index contributed by atoms with van der Waals surface area (Å²) in [6, 6.07) is 6.21. The van der Waals surface area contributed by atoms with Crippen LogP contribution < -0.4 is 10.9 Å². The van der Waals surface area contributed by atoms with Crippen LogP contribution in [-0.2, 0) is 6.54 Å². The largest absolute Gasteiger partial charge is 0.363 e. The van der Waals surface area contributed by atoms with E-state index in [9.17, 15) is 4.79 Å². The van der Waals surface area contributed by atoms with Crippen LogP contribution in [0.3, 0.4) is 0 Å². The molecule has 0 aliphatic heterocycles. The number of fused-ring (bicyclic) bond motifs is 1. The third-order valence-corrected chi connectivity index (χ3v) is 6.97. The molecule has 0 radical (unpaired) electrons. The van der Waals surface area contributed by atoms with E-state index in [0.29, 0.717) is 6.54 Å². The number of thiocarbonyl (C=S) groups is 1. The van der Waals surface area contributed by atoms with E-state index in [1.165, 1.54) is 5.56 Å². The summed E-state index contributed by atoms with van der Waals surface area (Å²) in [5, 5.41) is 5.27. The van der Waals surface area contributed by atoms with Crippen molar-refractivity contribution >= 4 is 28.2 Å². The molecule has 7 heteroatoms. The first kappa shape index (κ1) is 27.3. The van der Waals surface area contributed by atoms with Gasteiger partial charge in [-0.2, -0.15) is 0 Å². The van der Waals surface area contributed by atoms with Gasteiger partial charge in [-0.1, -0.05) is 39.8 Å². The molecule has 0 saturated heterocycles. The maximum Gasteiger partial charge on any atom is 0.253 e. The van der Waals surface area contributed by atoms with Crippen molar-refractivity contribution in [2.45, 2.75) is 54.5 Å². The summed E-state index contributed by atoms with van der Waals surface area (Å²) in [5.41, 5.74) is 3.90. The average Bonchev–Trinajstić information content (AvgIpc) is 2.82. The number of hydrogen-bond acceptors (Lipinski definition) is 4. The van der Waals surface area contributed by atoms with E-state index in [1.54, 1.807) is 0 Å². The minimum Gasteiger partial charge on any atom is -0.363 e. The van der Waals surface area contributed by atoms with Gasteiger partial charge in [0.15, 0.2) is 5.11 Å². The molecular weight excluding hydrogens is 430 g/mol. The number of nitrogens with zero attached hydrogens (tertiary/aromatic N) is 3. The van der Waals surface area contributed by atoms with Crippen molar-refractivity contribution in [1.82, 2.24) is 25.0 Å². The Morgan fingerprint density at radius 1 is 0.939 bits per heavy atom. The van der Waals surface area contributed by atoms with E-state index in [4.69, 9.17) is 12.2 Å². The number of rotatable bonds is 13. The van der Waals surface area contributed by atoms with Crippen LogP contribution in [0.1, 0.15) is 50.8 Å². The lowest BCUT2D eigenvalue weighted by Crippen LogP contribution is -2.44. The molecule has 0 aliphatic rings. The minimum absolute atomic E-state index is 0.0339. The third kappa shape index (κ3) is 7.80. The van der Waals surface area contributed by atoms with Crippen molar-refractivity contribution in [3.63, 3.8) is 0 Å². The van der Waals surface area contributed by atoms with Gasteiger partial charge in [-0.25, -0.2) is 0 Å². The summed E-state index contributed by atoms with van der Waals surface area (Å²) in [4.78, 5) is 23.0. The number of H-pyrrole nitrogens is 1. The van der Waals surface area contributed by atoms with E-state index in [2.05, 4.69) is 71.8 Å². The molecule has 0 spiro atoms. The second-order valence-electron chi connectivity index (χ2n) is 8.67. The van der Waals surface area contributed by atoms with Gasteiger partial charge in [-0.3, -0.25) is 4.79 Å². The Bertz CT molecular complexity index is 950. The van der Waals surface area contributed by atoms with Gasteiger partial charge in [-0.05, 0) is 82.4 Å². The highest BCUT2D eigenvalue weighted by atomic mass is 32.1. The Morgan fingerprint density at radius 3 is 2.18 bits per heavy atom. The third-order valence-electron chi connectivity index (χ3n) is 6.57. The highest BCUT2D eigenvalue weighted by Crippen LogP contribution is 2.20. The lowest BCUT2D eigenvalue weighted by molar-refractivity contribution is 0.262. The maximum atomic E-state index is 12.9. The minimum atomic E-state index is -0.0339. The first-order valence-electron chi connectivity index (χ1n) is 12.4. The number of benzene rings is 1. The fraction of sp³-hybridized carbons (Fsp3) is 0.615. The quantitative estimate of drug-likeness (QED) is 0.340. The molecule has 2 N–H and O–H groups in total. The molecule has 0 amide bonds. The van der Waals surface area contributed by atoms with Crippen LogP contribution >= 0.6 is 12.2 Å². The average molecular weight is 474 g/mol. The van der Waals surface area contributed by atoms with Gasteiger partial charge in [0.25, 0.3) is 5.56 Å². The number of likely N-dealkylation sites (N-methyl/N-ethyl adjacent to an activating group) is 1. The van der Waals surface area contributed by atoms with Gasteiger partial charge < -0.3 is 25.0 Å². The molecule has 0 aliphatic carbocycles. The van der Waals surface area contributed by atoms with Crippen molar-refractivity contribution in [2.75, 3.05) is 52.4 Å². The summed E-state index contributed by atoms with van der Waals surface area (Å²) in [5.74, 6) is 0. The predicted molar refractivity (Wildman–Crippen MR) is 145 cm³/mol. The van der Waals surface area contributed by atoms with Gasteiger partial charge in [0.2, 0.25) is 0 Å². The summed E-state index contributed by atoms with van der Waals surface area (Å²) >= 11 is 5.79. The van der Waals surface area contributed by atoms with Crippen LogP contribution in [0.2, 0.25) is 0 Å². The lowest BCUT2D eigenvalue weighted by atomic mass is 10.0. The molecule has 1 aromatic heterocycles. The number of pyridine rings is 1. The van der Waals surface area contributed by atoms with Gasteiger partial charge in [-0.15, -0.1) is 0 Å². The van der Waals surface area contributed by atoms with Gasteiger partial charge in [0.1, 0.15) is 0 Å². The standard InChI is InChI=1S/C26H43N5OS/c1-7-29(8-2)15-11-14-27-26(33)31(17-16-30(9-3)10-4)19-22-18-23-20(5)12-13-21(6)24(23)28-25(22)32/h12-13,18H,7-11,14-17,19H2,1-6H3,(H,27,33)(H,28,32). The summed E-state index contributed by atoms with van der Waals surface area (Å²) in [6.07, 6.45) is 1.04. The predicted octanol–water partition coefficient (Wildman–Crippen LogP) is 3.90. The van der Waals surface area contributed by atoms with Crippen molar-refractivity contribution in [1.29, 1.82) is 0 Å². The van der Waals surface area contributed by atoms with Crippen LogP contribution in [0, 0.1) is 13.8 Å². The molecule has 0 bridgehead atoms. The van der Waals surface area contributed by atoms with E-state index in [1.807, 2.05) is 13.0 Å². The Labute approximate surface area is 205 Å². The normalized spacial score (nSPS) is 11.5. The van der Waals surface area contributed by atoms with Crippen LogP contribution in [0.25, 0.3) is 10.9 Å². The SMILES string of the molecule is CCN(CC)CCCNC(=S)N(CCN(CC)CC)Cc1cc2c(C)ccc(C)c2[nH]c1=O. The molecular formula is C26H43N5OS. The first-order valence-corrected chi connectivity index (χ1v) is 12.8. The number of aryl methyl sites for hydroxylation is 2. The molecule has 0 atom stereocenters. The number of aromatic nitrogens is 1. The summed E-state index contributed by atoms with van der Waals surface area (Å²) in [6.45, 7) is 21.1. The molecule has 2 aromatic rings.